The monoisotopic (exact) mass is 646 g/mol. The second-order valence-electron chi connectivity index (χ2n) is 13.1. The van der Waals surface area contributed by atoms with Crippen LogP contribution in [0.25, 0.3) is 11.1 Å². The van der Waals surface area contributed by atoms with E-state index in [4.69, 9.17) is 4.74 Å². The molecule has 0 atom stereocenters. The SMILES string of the molecule is C=CC(=O)Nc1ccc(NC(=O)c2ccc(C(C)(C)C)cc2)c(C)c1-c1cc(Cc2ccc(C(=O)N3CCOCC3)cc2)c(=O)n(C)c1. The summed E-state index contributed by atoms with van der Waals surface area (Å²) >= 11 is 0. The Morgan fingerprint density at radius 3 is 2.15 bits per heavy atom. The normalized spacial score (nSPS) is 13.1. The van der Waals surface area contributed by atoms with Crippen molar-refractivity contribution >= 4 is 29.1 Å². The molecule has 0 saturated carbocycles. The number of nitrogens with one attached hydrogen (secondary N) is 2. The summed E-state index contributed by atoms with van der Waals surface area (Å²) in [5.74, 6) is -0.687. The summed E-state index contributed by atoms with van der Waals surface area (Å²) in [6.45, 7) is 14.0. The molecular formula is C39H42N4O5. The van der Waals surface area contributed by atoms with Crippen LogP contribution in [-0.2, 0) is 28.4 Å². The van der Waals surface area contributed by atoms with Gasteiger partial charge in [0.05, 0.1) is 13.2 Å². The molecule has 2 N–H and O–H groups in total. The average Bonchev–Trinajstić information content (AvgIpc) is 3.08. The van der Waals surface area contributed by atoms with Crippen LogP contribution in [0, 0.1) is 6.92 Å². The van der Waals surface area contributed by atoms with Crippen LogP contribution in [0.1, 0.15) is 63.7 Å². The first-order valence-corrected chi connectivity index (χ1v) is 16.0. The largest absolute Gasteiger partial charge is 0.378 e. The van der Waals surface area contributed by atoms with E-state index >= 15 is 0 Å². The van der Waals surface area contributed by atoms with Gasteiger partial charge in [0.25, 0.3) is 17.4 Å². The highest BCUT2D eigenvalue weighted by Gasteiger charge is 2.21. The first-order valence-electron chi connectivity index (χ1n) is 16.0. The molecule has 3 amide bonds. The zero-order valence-electron chi connectivity index (χ0n) is 28.2. The Balaban J connectivity index is 1.47. The molecule has 48 heavy (non-hydrogen) atoms. The molecule has 1 aliphatic rings. The molecule has 4 aromatic rings. The summed E-state index contributed by atoms with van der Waals surface area (Å²) in [5.41, 5.74) is 6.60. The third-order valence-electron chi connectivity index (χ3n) is 8.61. The lowest BCUT2D eigenvalue weighted by Gasteiger charge is -2.26. The Morgan fingerprint density at radius 2 is 1.52 bits per heavy atom. The van der Waals surface area contributed by atoms with E-state index in [0.29, 0.717) is 77.5 Å². The fourth-order valence-corrected chi connectivity index (χ4v) is 5.80. The van der Waals surface area contributed by atoms with E-state index in [1.165, 1.54) is 10.6 Å². The number of anilines is 2. The zero-order valence-corrected chi connectivity index (χ0v) is 28.2. The smallest absolute Gasteiger partial charge is 0.255 e. The quantitative estimate of drug-likeness (QED) is 0.225. The predicted molar refractivity (Wildman–Crippen MR) is 190 cm³/mol. The van der Waals surface area contributed by atoms with Crippen molar-refractivity contribution in [3.05, 3.63) is 129 Å². The number of benzene rings is 3. The minimum Gasteiger partial charge on any atom is -0.378 e. The maximum atomic E-state index is 13.3. The van der Waals surface area contributed by atoms with Crippen LogP contribution in [0.2, 0.25) is 0 Å². The highest BCUT2D eigenvalue weighted by atomic mass is 16.5. The summed E-state index contributed by atoms with van der Waals surface area (Å²) in [7, 11) is 1.68. The molecule has 9 heteroatoms. The van der Waals surface area contributed by atoms with E-state index in [2.05, 4.69) is 38.0 Å². The van der Waals surface area contributed by atoms with Crippen LogP contribution >= 0.6 is 0 Å². The van der Waals surface area contributed by atoms with E-state index < -0.39 is 0 Å². The van der Waals surface area contributed by atoms with Crippen LogP contribution < -0.4 is 16.2 Å². The van der Waals surface area contributed by atoms with Gasteiger partial charge in [-0.2, -0.15) is 0 Å². The van der Waals surface area contributed by atoms with Crippen molar-refractivity contribution in [1.29, 1.82) is 0 Å². The molecule has 1 fully saturated rings. The van der Waals surface area contributed by atoms with Crippen molar-refractivity contribution in [2.45, 2.75) is 39.5 Å². The Hall–Kier alpha value is -5.28. The van der Waals surface area contributed by atoms with Crippen molar-refractivity contribution < 1.29 is 19.1 Å². The van der Waals surface area contributed by atoms with Crippen molar-refractivity contribution in [3.8, 4) is 11.1 Å². The second-order valence-corrected chi connectivity index (χ2v) is 13.1. The number of carbonyl (C=O) groups excluding carboxylic acids is 3. The number of amides is 3. The number of aromatic nitrogens is 1. The molecule has 2 heterocycles. The Morgan fingerprint density at radius 1 is 0.896 bits per heavy atom. The van der Waals surface area contributed by atoms with Gasteiger partial charge in [-0.25, -0.2) is 0 Å². The number of pyridine rings is 1. The topological polar surface area (TPSA) is 110 Å². The van der Waals surface area contributed by atoms with Crippen molar-refractivity contribution in [2.24, 2.45) is 7.05 Å². The standard InChI is InChI=1S/C39H42N4O5/c1-7-34(44)40-33-17-16-32(41-36(45)27-12-14-31(15-13-27)39(3,4)5)25(2)35(33)30-23-29(37(46)42(6)24-30)22-26-8-10-28(11-9-26)38(47)43-18-20-48-21-19-43/h7-17,23-24H,1,18-22H2,2-6H3,(H,40,44)(H,41,45). The molecule has 5 rings (SSSR count). The molecule has 9 nitrogen and oxygen atoms in total. The Kier molecular flexibility index (Phi) is 10.1. The van der Waals surface area contributed by atoms with Gasteiger partial charge in [0.1, 0.15) is 0 Å². The van der Waals surface area contributed by atoms with Crippen LogP contribution in [0.5, 0.6) is 0 Å². The second kappa shape index (κ2) is 14.2. The maximum Gasteiger partial charge on any atom is 0.255 e. The number of aryl methyl sites for hydroxylation is 1. The number of carbonyl (C=O) groups is 3. The van der Waals surface area contributed by atoms with Gasteiger partial charge in [-0.05, 0) is 77.6 Å². The summed E-state index contributed by atoms with van der Waals surface area (Å²) in [5, 5.41) is 5.91. The number of hydrogen-bond acceptors (Lipinski definition) is 5. The maximum absolute atomic E-state index is 13.3. The Labute approximate surface area is 281 Å². The number of ether oxygens (including phenoxy) is 1. The van der Waals surface area contributed by atoms with E-state index in [1.54, 1.807) is 42.4 Å². The third kappa shape index (κ3) is 7.64. The lowest BCUT2D eigenvalue weighted by molar-refractivity contribution is -0.111. The highest BCUT2D eigenvalue weighted by molar-refractivity contribution is 6.07. The van der Waals surface area contributed by atoms with Crippen LogP contribution in [-0.4, -0.2) is 53.5 Å². The van der Waals surface area contributed by atoms with Gasteiger partial charge in [-0.1, -0.05) is 51.6 Å². The van der Waals surface area contributed by atoms with E-state index in [1.807, 2.05) is 49.4 Å². The summed E-state index contributed by atoms with van der Waals surface area (Å²) in [4.78, 5) is 53.8. The number of morpholine rings is 1. The Bertz CT molecular complexity index is 1910. The minimum atomic E-state index is -0.386. The van der Waals surface area contributed by atoms with Gasteiger partial charge in [0, 0.05) is 71.9 Å². The fourth-order valence-electron chi connectivity index (χ4n) is 5.80. The molecule has 3 aromatic carbocycles. The van der Waals surface area contributed by atoms with Crippen LogP contribution in [0.4, 0.5) is 11.4 Å². The number of nitrogens with zero attached hydrogens (tertiary/aromatic N) is 2. The molecule has 1 saturated heterocycles. The molecule has 1 aromatic heterocycles. The predicted octanol–water partition coefficient (Wildman–Crippen LogP) is 6.10. The molecule has 0 bridgehead atoms. The van der Waals surface area contributed by atoms with Gasteiger partial charge in [-0.3, -0.25) is 19.2 Å². The molecule has 248 valence electrons. The average molecular weight is 647 g/mol. The third-order valence-corrected chi connectivity index (χ3v) is 8.61. The molecule has 0 aliphatic carbocycles. The zero-order chi connectivity index (χ0) is 34.6. The molecule has 1 aliphatic heterocycles. The first kappa shape index (κ1) is 34.1. The minimum absolute atomic E-state index is 0.0354. The lowest BCUT2D eigenvalue weighted by atomic mass is 9.86. The van der Waals surface area contributed by atoms with Gasteiger partial charge in [-0.15, -0.1) is 0 Å². The van der Waals surface area contributed by atoms with Crippen molar-refractivity contribution in [3.63, 3.8) is 0 Å². The van der Waals surface area contributed by atoms with Gasteiger partial charge < -0.3 is 24.8 Å². The summed E-state index contributed by atoms with van der Waals surface area (Å²) < 4.78 is 6.87. The molecular weight excluding hydrogens is 604 g/mol. The lowest BCUT2D eigenvalue weighted by Crippen LogP contribution is -2.40. The molecule has 0 radical (unpaired) electrons. The van der Waals surface area contributed by atoms with Crippen LogP contribution in [0.15, 0.2) is 90.4 Å². The fraction of sp³-hybridized carbons (Fsp3) is 0.282. The van der Waals surface area contributed by atoms with Gasteiger partial charge >= 0.3 is 0 Å². The van der Waals surface area contributed by atoms with E-state index in [-0.39, 0.29) is 28.7 Å². The van der Waals surface area contributed by atoms with E-state index in [0.717, 1.165) is 11.1 Å². The van der Waals surface area contributed by atoms with Gasteiger partial charge in [0.15, 0.2) is 0 Å². The first-order chi connectivity index (χ1) is 22.8. The van der Waals surface area contributed by atoms with E-state index in [9.17, 15) is 19.2 Å². The van der Waals surface area contributed by atoms with Crippen molar-refractivity contribution in [1.82, 2.24) is 9.47 Å². The van der Waals surface area contributed by atoms with Crippen LogP contribution in [0.3, 0.4) is 0 Å². The number of rotatable bonds is 8. The highest BCUT2D eigenvalue weighted by Crippen LogP contribution is 2.36. The summed E-state index contributed by atoms with van der Waals surface area (Å²) in [6.07, 6.45) is 3.25. The molecule has 0 spiro atoms. The number of hydrogen-bond donors (Lipinski definition) is 2. The molecule has 0 unspecified atom stereocenters. The van der Waals surface area contributed by atoms with Gasteiger partial charge in [0.2, 0.25) is 5.91 Å². The van der Waals surface area contributed by atoms with Crippen molar-refractivity contribution in [2.75, 3.05) is 36.9 Å². The summed E-state index contributed by atoms with van der Waals surface area (Å²) in [6, 6.07) is 20.2.